The number of esters is 1. The van der Waals surface area contributed by atoms with Gasteiger partial charge < -0.3 is 20.0 Å². The summed E-state index contributed by atoms with van der Waals surface area (Å²) in [6.07, 6.45) is -0.442. The number of alkyl halides is 1. The molecule has 0 unspecified atom stereocenters. The van der Waals surface area contributed by atoms with Crippen LogP contribution >= 0.6 is 22.6 Å². The van der Waals surface area contributed by atoms with Crippen molar-refractivity contribution in [2.45, 2.75) is 38.8 Å². The lowest BCUT2D eigenvalue weighted by molar-refractivity contribution is -0.308. The van der Waals surface area contributed by atoms with E-state index in [0.717, 1.165) is 0 Å². The zero-order valence-corrected chi connectivity index (χ0v) is 12.1. The van der Waals surface area contributed by atoms with E-state index in [1.165, 1.54) is 0 Å². The van der Waals surface area contributed by atoms with Crippen molar-refractivity contribution in [2.24, 2.45) is 0 Å². The number of hydrogen-bond acceptors (Lipinski definition) is 5. The van der Waals surface area contributed by atoms with Gasteiger partial charge in [0.25, 0.3) is 0 Å². The molecular weight excluding hydrogens is 341 g/mol. The zero-order valence-electron chi connectivity index (χ0n) is 9.91. The van der Waals surface area contributed by atoms with Gasteiger partial charge in [0, 0.05) is 0 Å². The molecule has 0 bridgehead atoms. The molecule has 0 fully saturated rings. The Morgan fingerprint density at radius 3 is 2.24 bits per heavy atom. The van der Waals surface area contributed by atoms with Crippen molar-refractivity contribution >= 4 is 40.4 Å². The van der Waals surface area contributed by atoms with E-state index in [2.05, 4.69) is 5.32 Å². The first-order valence-electron chi connectivity index (χ1n) is 4.93. The monoisotopic (exact) mass is 356 g/mol. The van der Waals surface area contributed by atoms with Crippen LogP contribution in [-0.4, -0.2) is 33.9 Å². The minimum Gasteiger partial charge on any atom is -0.548 e. The molecule has 0 saturated heterocycles. The van der Waals surface area contributed by atoms with E-state index >= 15 is 0 Å². The summed E-state index contributed by atoms with van der Waals surface area (Å²) < 4.78 is 5.06. The molecule has 1 amide bonds. The average molecular weight is 356 g/mol. The number of aliphatic carboxylic acids is 1. The third-order valence-corrected chi connectivity index (χ3v) is 2.22. The molecule has 1 N–H and O–H groups in total. The zero-order chi connectivity index (χ0) is 13.6. The summed E-state index contributed by atoms with van der Waals surface area (Å²) in [5.41, 5.74) is -0.694. The molecule has 17 heavy (non-hydrogen) atoms. The molecule has 0 aromatic heterocycles. The molecular formula is C10H15INO5-. The van der Waals surface area contributed by atoms with Crippen molar-refractivity contribution in [3.63, 3.8) is 0 Å². The Bertz CT molecular complexity index is 310. The maximum absolute atomic E-state index is 11.4. The van der Waals surface area contributed by atoms with Crippen molar-refractivity contribution in [1.82, 2.24) is 5.32 Å². The second-order valence-electron chi connectivity index (χ2n) is 4.36. The quantitative estimate of drug-likeness (QED) is 0.403. The molecule has 0 aromatic carbocycles. The van der Waals surface area contributed by atoms with Gasteiger partial charge in [-0.05, 0) is 20.8 Å². The van der Waals surface area contributed by atoms with Crippen LogP contribution in [0.15, 0.2) is 0 Å². The van der Waals surface area contributed by atoms with Gasteiger partial charge in [0.05, 0.1) is 22.9 Å². The van der Waals surface area contributed by atoms with Crippen LogP contribution in [0.2, 0.25) is 0 Å². The molecule has 0 aliphatic rings. The number of carbonyl (C=O) groups is 3. The lowest BCUT2D eigenvalue weighted by Crippen LogP contribution is -2.49. The van der Waals surface area contributed by atoms with Crippen molar-refractivity contribution in [1.29, 1.82) is 0 Å². The fourth-order valence-electron chi connectivity index (χ4n) is 0.976. The molecule has 0 radical (unpaired) electrons. The van der Waals surface area contributed by atoms with Crippen molar-refractivity contribution in [3.8, 4) is 0 Å². The minimum atomic E-state index is -1.51. The molecule has 0 rings (SSSR count). The second kappa shape index (κ2) is 6.77. The van der Waals surface area contributed by atoms with E-state index in [1.54, 1.807) is 43.4 Å². The van der Waals surface area contributed by atoms with Gasteiger partial charge in [-0.3, -0.25) is 9.59 Å². The lowest BCUT2D eigenvalue weighted by atomic mass is 10.1. The maximum Gasteiger partial charge on any atom is 0.308 e. The van der Waals surface area contributed by atoms with E-state index in [9.17, 15) is 19.5 Å². The highest BCUT2D eigenvalue weighted by atomic mass is 127. The normalized spacial score (nSPS) is 12.7. The lowest BCUT2D eigenvalue weighted by Gasteiger charge is -2.23. The standard InChI is InChI=1S/C10H16INO5/c1-10(2,3)17-8(14)4-6(9(15)16)12-7(13)5-11/h6H,4-5H2,1-3H3,(H,12,13)(H,15,16)/p-1/t6-/m0/s1. The number of carboxylic acids is 1. The van der Waals surface area contributed by atoms with Crippen molar-refractivity contribution in [2.75, 3.05) is 4.43 Å². The van der Waals surface area contributed by atoms with Crippen LogP contribution < -0.4 is 10.4 Å². The van der Waals surface area contributed by atoms with Crippen molar-refractivity contribution in [3.05, 3.63) is 0 Å². The number of amides is 1. The van der Waals surface area contributed by atoms with E-state index in [1.807, 2.05) is 0 Å². The Labute approximate surface area is 113 Å². The predicted octanol–water partition coefficient (Wildman–Crippen LogP) is -0.612. The fraction of sp³-hybridized carbons (Fsp3) is 0.700. The SMILES string of the molecule is CC(C)(C)OC(=O)C[C@H](NC(=O)CI)C(=O)[O-]. The topological polar surface area (TPSA) is 95.5 Å². The molecule has 0 aliphatic carbocycles. The number of carbonyl (C=O) groups excluding carboxylic acids is 3. The van der Waals surface area contributed by atoms with E-state index in [4.69, 9.17) is 4.74 Å². The van der Waals surface area contributed by atoms with Crippen LogP contribution in [-0.2, 0) is 19.1 Å². The number of rotatable bonds is 5. The Morgan fingerprint density at radius 2 is 1.88 bits per heavy atom. The summed E-state index contributed by atoms with van der Waals surface area (Å²) in [6, 6.07) is -1.35. The highest BCUT2D eigenvalue weighted by Gasteiger charge is 2.22. The molecule has 7 heteroatoms. The van der Waals surface area contributed by atoms with Crippen LogP contribution in [0.25, 0.3) is 0 Å². The average Bonchev–Trinajstić information content (AvgIpc) is 2.13. The maximum atomic E-state index is 11.4. The summed E-state index contributed by atoms with van der Waals surface area (Å²) in [7, 11) is 0. The van der Waals surface area contributed by atoms with Crippen LogP contribution in [0.1, 0.15) is 27.2 Å². The van der Waals surface area contributed by atoms with Crippen LogP contribution in [0.3, 0.4) is 0 Å². The first-order valence-corrected chi connectivity index (χ1v) is 6.46. The molecule has 1 atom stereocenters. The molecule has 0 heterocycles. The number of nitrogens with one attached hydrogen (secondary N) is 1. The molecule has 98 valence electrons. The number of hydrogen-bond donors (Lipinski definition) is 1. The summed E-state index contributed by atoms with van der Waals surface area (Å²) in [5.74, 6) is -2.67. The number of halogens is 1. The highest BCUT2D eigenvalue weighted by molar-refractivity contribution is 14.1. The van der Waals surface area contributed by atoms with Gasteiger partial charge in [0.2, 0.25) is 5.91 Å². The molecule has 0 aliphatic heterocycles. The Morgan fingerprint density at radius 1 is 1.35 bits per heavy atom. The summed E-state index contributed by atoms with van der Waals surface area (Å²) in [5, 5.41) is 12.9. The number of carboxylic acid groups (broad SMARTS) is 1. The van der Waals surface area contributed by atoms with Crippen LogP contribution in [0.4, 0.5) is 0 Å². The Kier molecular flexibility index (Phi) is 6.43. The molecule has 6 nitrogen and oxygen atoms in total. The van der Waals surface area contributed by atoms with Crippen LogP contribution in [0, 0.1) is 0 Å². The highest BCUT2D eigenvalue weighted by Crippen LogP contribution is 2.09. The van der Waals surface area contributed by atoms with Gasteiger partial charge in [-0.15, -0.1) is 0 Å². The first kappa shape index (κ1) is 16.1. The minimum absolute atomic E-state index is 0.107. The van der Waals surface area contributed by atoms with E-state index < -0.39 is 35.9 Å². The Hall–Kier alpha value is -0.860. The van der Waals surface area contributed by atoms with Gasteiger partial charge in [-0.25, -0.2) is 0 Å². The first-order chi connectivity index (χ1) is 7.65. The summed E-state index contributed by atoms with van der Waals surface area (Å²) in [4.78, 5) is 33.1. The van der Waals surface area contributed by atoms with Crippen molar-refractivity contribution < 1.29 is 24.2 Å². The van der Waals surface area contributed by atoms with Gasteiger partial charge >= 0.3 is 5.97 Å². The van der Waals surface area contributed by atoms with Gasteiger partial charge in [-0.2, -0.15) is 0 Å². The third kappa shape index (κ3) is 7.94. The van der Waals surface area contributed by atoms with E-state index in [0.29, 0.717) is 0 Å². The Balaban J connectivity index is 4.41. The van der Waals surface area contributed by atoms with Gasteiger partial charge in [-0.1, -0.05) is 22.6 Å². The molecule has 0 aromatic rings. The smallest absolute Gasteiger partial charge is 0.308 e. The molecule has 0 saturated carbocycles. The summed E-state index contributed by atoms with van der Waals surface area (Å²) in [6.45, 7) is 5.01. The van der Waals surface area contributed by atoms with Gasteiger partial charge in [0.1, 0.15) is 5.60 Å². The second-order valence-corrected chi connectivity index (χ2v) is 5.13. The molecule has 0 spiro atoms. The van der Waals surface area contributed by atoms with E-state index in [-0.39, 0.29) is 4.43 Å². The largest absolute Gasteiger partial charge is 0.548 e. The third-order valence-electron chi connectivity index (χ3n) is 1.53. The fourth-order valence-corrected chi connectivity index (χ4v) is 1.20. The predicted molar refractivity (Wildman–Crippen MR) is 66.3 cm³/mol. The number of ether oxygens (including phenoxy) is 1. The van der Waals surface area contributed by atoms with Gasteiger partial charge in [0.15, 0.2) is 0 Å². The summed E-state index contributed by atoms with van der Waals surface area (Å²) >= 11 is 1.78. The van der Waals surface area contributed by atoms with Crippen LogP contribution in [0.5, 0.6) is 0 Å².